The van der Waals surface area contributed by atoms with Gasteiger partial charge in [0.25, 0.3) is 5.91 Å². The van der Waals surface area contributed by atoms with Gasteiger partial charge < -0.3 is 11.1 Å². The second kappa shape index (κ2) is 8.89. The third-order valence-corrected chi connectivity index (χ3v) is 4.68. The van der Waals surface area contributed by atoms with Crippen molar-refractivity contribution in [1.82, 2.24) is 0 Å². The Balaban J connectivity index is 0.00000102. The van der Waals surface area contributed by atoms with Gasteiger partial charge in [0.1, 0.15) is 0 Å². The van der Waals surface area contributed by atoms with Gasteiger partial charge in [0, 0.05) is 17.3 Å². The minimum absolute atomic E-state index is 0.0956. The zero-order valence-electron chi connectivity index (χ0n) is 15.4. The molecule has 1 aliphatic carbocycles. The molecule has 3 N–H and O–H groups in total. The van der Waals surface area contributed by atoms with Crippen LogP contribution >= 0.6 is 12.6 Å². The van der Waals surface area contributed by atoms with E-state index in [0.717, 1.165) is 29.7 Å². The molecule has 1 unspecified atom stereocenters. The monoisotopic (exact) mass is 376 g/mol. The van der Waals surface area contributed by atoms with Crippen molar-refractivity contribution in [2.45, 2.75) is 18.9 Å². The third-order valence-electron chi connectivity index (χ3n) is 4.68. The molecular formula is C23H24N2OS. The van der Waals surface area contributed by atoms with Gasteiger partial charge in [-0.3, -0.25) is 4.79 Å². The first-order valence-corrected chi connectivity index (χ1v) is 9.88. The molecule has 0 bridgehead atoms. The fraction of sp³-hybridized carbons (Fsp3) is 0.174. The molecular weight excluding hydrogens is 352 g/mol. The molecule has 4 heteroatoms. The maximum absolute atomic E-state index is 12.8. The van der Waals surface area contributed by atoms with Gasteiger partial charge in [-0.1, -0.05) is 54.6 Å². The molecule has 0 aromatic heterocycles. The average Bonchev–Trinajstić information content (AvgIpc) is 3.09. The topological polar surface area (TPSA) is 55.1 Å². The standard InChI is InChI=1S/C22H20N2O.CH4S/c23-18-12-16-10-11-19(14-17(16)13-18)24-22(25)21-9-5-4-8-20(21)15-6-2-1-3-7-15;1-2/h1-11,14,18H,12-13,23H2,(H,24,25);2H,1H3. The lowest BCUT2D eigenvalue weighted by Gasteiger charge is -2.11. The van der Waals surface area contributed by atoms with Crippen LogP contribution in [0.3, 0.4) is 0 Å². The first-order valence-electron chi connectivity index (χ1n) is 8.98. The van der Waals surface area contributed by atoms with Crippen LogP contribution in [0.2, 0.25) is 0 Å². The highest BCUT2D eigenvalue weighted by Crippen LogP contribution is 2.27. The van der Waals surface area contributed by atoms with Gasteiger partial charge in [0.15, 0.2) is 0 Å². The van der Waals surface area contributed by atoms with Crippen LogP contribution in [-0.2, 0) is 12.8 Å². The van der Waals surface area contributed by atoms with Gasteiger partial charge in [-0.15, -0.1) is 0 Å². The average molecular weight is 377 g/mol. The summed E-state index contributed by atoms with van der Waals surface area (Å²) in [6, 6.07) is 23.9. The lowest BCUT2D eigenvalue weighted by Crippen LogP contribution is -2.19. The van der Waals surface area contributed by atoms with Crippen molar-refractivity contribution in [3.8, 4) is 11.1 Å². The third kappa shape index (κ3) is 4.41. The van der Waals surface area contributed by atoms with Crippen LogP contribution < -0.4 is 11.1 Å². The number of fused-ring (bicyclic) bond motifs is 1. The summed E-state index contributed by atoms with van der Waals surface area (Å²) in [4.78, 5) is 12.8. The quantitative estimate of drug-likeness (QED) is 0.586. The van der Waals surface area contributed by atoms with Gasteiger partial charge in [-0.05, 0) is 59.6 Å². The Morgan fingerprint density at radius 2 is 1.59 bits per heavy atom. The Bertz CT molecular complexity index is 925. The van der Waals surface area contributed by atoms with E-state index in [-0.39, 0.29) is 11.9 Å². The SMILES string of the molecule is CS.NC1Cc2ccc(NC(=O)c3ccccc3-c3ccccc3)cc2C1. The van der Waals surface area contributed by atoms with Crippen molar-refractivity contribution >= 4 is 24.2 Å². The second-order valence-electron chi connectivity index (χ2n) is 6.52. The van der Waals surface area contributed by atoms with Crippen molar-refractivity contribution in [3.05, 3.63) is 89.5 Å². The highest BCUT2D eigenvalue weighted by Gasteiger charge is 2.19. The molecule has 0 heterocycles. The summed E-state index contributed by atoms with van der Waals surface area (Å²) in [5, 5.41) is 3.03. The number of nitrogens with two attached hydrogens (primary N) is 1. The number of carbonyl (C=O) groups is 1. The predicted molar refractivity (Wildman–Crippen MR) is 117 cm³/mol. The van der Waals surface area contributed by atoms with Crippen molar-refractivity contribution in [2.75, 3.05) is 11.6 Å². The number of carbonyl (C=O) groups excluding carboxylic acids is 1. The summed E-state index contributed by atoms with van der Waals surface area (Å²) in [5.74, 6) is -0.0956. The van der Waals surface area contributed by atoms with E-state index in [1.807, 2.05) is 66.7 Å². The highest BCUT2D eigenvalue weighted by atomic mass is 32.1. The van der Waals surface area contributed by atoms with Crippen LogP contribution in [0.25, 0.3) is 11.1 Å². The number of rotatable bonds is 3. The molecule has 0 saturated heterocycles. The van der Waals surface area contributed by atoms with E-state index >= 15 is 0 Å². The van der Waals surface area contributed by atoms with E-state index in [1.54, 1.807) is 6.26 Å². The van der Waals surface area contributed by atoms with Gasteiger partial charge in [-0.25, -0.2) is 0 Å². The molecule has 138 valence electrons. The van der Waals surface area contributed by atoms with Crippen molar-refractivity contribution < 1.29 is 4.79 Å². The second-order valence-corrected chi connectivity index (χ2v) is 6.52. The molecule has 1 aliphatic rings. The van der Waals surface area contributed by atoms with Crippen molar-refractivity contribution in [1.29, 1.82) is 0 Å². The first kappa shape index (κ1) is 19.2. The summed E-state index contributed by atoms with van der Waals surface area (Å²) < 4.78 is 0. The molecule has 0 radical (unpaired) electrons. The molecule has 3 aromatic rings. The van der Waals surface area contributed by atoms with Crippen molar-refractivity contribution in [3.63, 3.8) is 0 Å². The molecule has 0 aliphatic heterocycles. The Morgan fingerprint density at radius 3 is 2.37 bits per heavy atom. The van der Waals surface area contributed by atoms with Crippen LogP contribution in [0, 0.1) is 0 Å². The number of hydrogen-bond acceptors (Lipinski definition) is 3. The molecule has 4 rings (SSSR count). The number of amides is 1. The van der Waals surface area contributed by atoms with E-state index in [4.69, 9.17) is 5.73 Å². The summed E-state index contributed by atoms with van der Waals surface area (Å²) in [7, 11) is 0. The minimum Gasteiger partial charge on any atom is -0.327 e. The Morgan fingerprint density at radius 1 is 0.926 bits per heavy atom. The van der Waals surface area contributed by atoms with Crippen LogP contribution in [0.15, 0.2) is 72.8 Å². The van der Waals surface area contributed by atoms with Crippen LogP contribution in [0.5, 0.6) is 0 Å². The lowest BCUT2D eigenvalue weighted by atomic mass is 9.99. The van der Waals surface area contributed by atoms with Gasteiger partial charge in [-0.2, -0.15) is 12.6 Å². The Labute approximate surface area is 166 Å². The van der Waals surface area contributed by atoms with Gasteiger partial charge >= 0.3 is 0 Å². The zero-order chi connectivity index (χ0) is 19.2. The summed E-state index contributed by atoms with van der Waals surface area (Å²) in [6.07, 6.45) is 3.49. The molecule has 0 fully saturated rings. The van der Waals surface area contributed by atoms with E-state index in [2.05, 4.69) is 24.0 Å². The maximum Gasteiger partial charge on any atom is 0.256 e. The predicted octanol–water partition coefficient (Wildman–Crippen LogP) is 4.58. The lowest BCUT2D eigenvalue weighted by molar-refractivity contribution is 0.102. The smallest absolute Gasteiger partial charge is 0.256 e. The number of hydrogen-bond donors (Lipinski definition) is 3. The zero-order valence-corrected chi connectivity index (χ0v) is 16.2. The first-order chi connectivity index (χ1) is 13.2. The molecule has 3 nitrogen and oxygen atoms in total. The molecule has 0 saturated carbocycles. The van der Waals surface area contributed by atoms with Gasteiger partial charge in [0.2, 0.25) is 0 Å². The maximum atomic E-state index is 12.8. The van der Waals surface area contributed by atoms with Crippen LogP contribution in [0.1, 0.15) is 21.5 Å². The molecule has 1 amide bonds. The van der Waals surface area contributed by atoms with Crippen LogP contribution in [0.4, 0.5) is 5.69 Å². The van der Waals surface area contributed by atoms with E-state index < -0.39 is 0 Å². The number of anilines is 1. The highest BCUT2D eigenvalue weighted by molar-refractivity contribution is 7.79. The van der Waals surface area contributed by atoms with E-state index in [1.165, 1.54) is 11.1 Å². The molecule has 3 aromatic carbocycles. The van der Waals surface area contributed by atoms with Crippen molar-refractivity contribution in [2.24, 2.45) is 5.73 Å². The number of benzene rings is 3. The number of nitrogens with one attached hydrogen (secondary N) is 1. The number of thiol groups is 1. The minimum atomic E-state index is -0.0956. The summed E-state index contributed by atoms with van der Waals surface area (Å²) in [5.41, 5.74) is 12.0. The van der Waals surface area contributed by atoms with Crippen LogP contribution in [-0.4, -0.2) is 18.2 Å². The normalized spacial score (nSPS) is 14.7. The summed E-state index contributed by atoms with van der Waals surface area (Å²) >= 11 is 3.53. The molecule has 1 atom stereocenters. The molecule has 27 heavy (non-hydrogen) atoms. The Kier molecular flexibility index (Phi) is 6.32. The van der Waals surface area contributed by atoms with Gasteiger partial charge in [0.05, 0.1) is 0 Å². The molecule has 0 spiro atoms. The Hall–Kier alpha value is -2.56. The largest absolute Gasteiger partial charge is 0.327 e. The summed E-state index contributed by atoms with van der Waals surface area (Å²) in [6.45, 7) is 0. The van der Waals surface area contributed by atoms with E-state index in [9.17, 15) is 4.79 Å². The fourth-order valence-corrected chi connectivity index (χ4v) is 3.48. The van der Waals surface area contributed by atoms with E-state index in [0.29, 0.717) is 5.56 Å². The fourth-order valence-electron chi connectivity index (χ4n) is 3.48.